The summed E-state index contributed by atoms with van der Waals surface area (Å²) in [7, 11) is -2.90. The molecule has 0 aromatic heterocycles. The number of benzene rings is 2. The minimum atomic E-state index is -4.07. The molecule has 2 rings (SSSR count). The Bertz CT molecular complexity index is 1210. The second kappa shape index (κ2) is 13.5. The molecule has 11 heteroatoms. The number of alkyl carbamates (subject to hydrolysis) is 1. The van der Waals surface area contributed by atoms with Crippen LogP contribution in [0.25, 0.3) is 0 Å². The first-order valence-electron chi connectivity index (χ1n) is 11.4. The molecule has 1 atom stereocenters. The van der Waals surface area contributed by atoms with E-state index in [2.05, 4.69) is 21.9 Å². The molecular formula is C26H32N2O8S. The van der Waals surface area contributed by atoms with Crippen molar-refractivity contribution in [1.82, 2.24) is 10.0 Å². The summed E-state index contributed by atoms with van der Waals surface area (Å²) in [4.78, 5) is 24.0. The van der Waals surface area contributed by atoms with Crippen molar-refractivity contribution >= 4 is 22.1 Å². The topological polar surface area (TPSA) is 129 Å². The third-order valence-corrected chi connectivity index (χ3v) is 6.02. The van der Waals surface area contributed by atoms with Gasteiger partial charge in [0.15, 0.2) is 0 Å². The number of carbonyl (C=O) groups excluding carboxylic acids is 2. The summed E-state index contributed by atoms with van der Waals surface area (Å²) in [6.45, 7) is 7.57. The maximum absolute atomic E-state index is 12.9. The number of rotatable bonds is 11. The average Bonchev–Trinajstić information content (AvgIpc) is 2.84. The van der Waals surface area contributed by atoms with E-state index in [9.17, 15) is 18.0 Å². The molecular weight excluding hydrogens is 500 g/mol. The molecule has 0 aliphatic rings. The van der Waals surface area contributed by atoms with Crippen LogP contribution in [-0.4, -0.2) is 52.9 Å². The highest BCUT2D eigenvalue weighted by atomic mass is 32.2. The molecule has 0 bridgehead atoms. The number of ether oxygens (including phenoxy) is 4. The zero-order valence-corrected chi connectivity index (χ0v) is 22.3. The molecule has 0 saturated heterocycles. The van der Waals surface area contributed by atoms with Gasteiger partial charge in [-0.2, -0.15) is 4.72 Å². The van der Waals surface area contributed by atoms with E-state index in [1.807, 2.05) is 0 Å². The lowest BCUT2D eigenvalue weighted by Gasteiger charge is -2.19. The fourth-order valence-corrected chi connectivity index (χ4v) is 4.07. The van der Waals surface area contributed by atoms with E-state index in [-0.39, 0.29) is 24.7 Å². The van der Waals surface area contributed by atoms with Gasteiger partial charge in [0, 0.05) is 0 Å². The first-order valence-corrected chi connectivity index (χ1v) is 12.9. The van der Waals surface area contributed by atoms with Gasteiger partial charge in [-0.15, -0.1) is 5.92 Å². The van der Waals surface area contributed by atoms with Crippen LogP contribution in [-0.2, 0) is 24.3 Å². The van der Waals surface area contributed by atoms with Gasteiger partial charge in [-0.3, -0.25) is 0 Å². The van der Waals surface area contributed by atoms with E-state index in [0.717, 1.165) is 0 Å². The Kier molecular flexibility index (Phi) is 10.8. The molecule has 0 unspecified atom stereocenters. The van der Waals surface area contributed by atoms with Crippen LogP contribution in [0.5, 0.6) is 11.5 Å². The predicted octanol–water partition coefficient (Wildman–Crippen LogP) is 3.18. The van der Waals surface area contributed by atoms with Crippen molar-refractivity contribution in [3.8, 4) is 23.3 Å². The molecule has 0 aliphatic carbocycles. The van der Waals surface area contributed by atoms with Gasteiger partial charge in [-0.05, 0) is 69.7 Å². The first-order chi connectivity index (χ1) is 17.4. The minimum absolute atomic E-state index is 0.0484. The first kappa shape index (κ1) is 29.5. The van der Waals surface area contributed by atoms with Crippen molar-refractivity contribution in [1.29, 1.82) is 0 Å². The van der Waals surface area contributed by atoms with Crippen molar-refractivity contribution in [2.75, 3.05) is 26.9 Å². The standard InChI is InChI=1S/C26H32N2O8S/c1-6-7-17-34-21-12-14-22(15-13-21)37(31,32)28-23(24(29)33-5)19-8-10-20(11-9-19)35-18-16-27-25(30)36-26(2,3)4/h8-15,23,28H,16-18H2,1-5H3,(H,27,30)/t23-/m1/s1. The quantitative estimate of drug-likeness (QED) is 0.257. The highest BCUT2D eigenvalue weighted by Gasteiger charge is 2.28. The summed E-state index contributed by atoms with van der Waals surface area (Å²) in [6.07, 6.45) is -0.549. The second-order valence-corrected chi connectivity index (χ2v) is 10.3. The van der Waals surface area contributed by atoms with Crippen LogP contribution < -0.4 is 19.5 Å². The molecule has 0 heterocycles. The van der Waals surface area contributed by atoms with Gasteiger partial charge >= 0.3 is 12.1 Å². The summed E-state index contributed by atoms with van der Waals surface area (Å²) in [6, 6.07) is 10.7. The molecule has 1 amide bonds. The van der Waals surface area contributed by atoms with Gasteiger partial charge in [0.1, 0.15) is 36.4 Å². The molecule has 0 spiro atoms. The van der Waals surface area contributed by atoms with Crippen LogP contribution >= 0.6 is 0 Å². The molecule has 37 heavy (non-hydrogen) atoms. The van der Waals surface area contributed by atoms with Crippen LogP contribution in [0, 0.1) is 11.8 Å². The number of methoxy groups -OCH3 is 1. The monoisotopic (exact) mass is 532 g/mol. The number of hydrogen-bond acceptors (Lipinski definition) is 8. The Hall–Kier alpha value is -3.75. The van der Waals surface area contributed by atoms with Crippen molar-refractivity contribution in [3.63, 3.8) is 0 Å². The molecule has 2 aromatic rings. The lowest BCUT2D eigenvalue weighted by molar-refractivity contribution is -0.142. The van der Waals surface area contributed by atoms with E-state index in [1.54, 1.807) is 52.0 Å². The van der Waals surface area contributed by atoms with E-state index in [0.29, 0.717) is 17.1 Å². The third-order valence-electron chi connectivity index (χ3n) is 4.58. The molecule has 200 valence electrons. The van der Waals surface area contributed by atoms with Crippen molar-refractivity contribution in [2.24, 2.45) is 0 Å². The Labute approximate surface area is 217 Å². The van der Waals surface area contributed by atoms with Crippen LogP contribution in [0.1, 0.15) is 39.3 Å². The maximum atomic E-state index is 12.9. The van der Waals surface area contributed by atoms with Gasteiger partial charge in [0.2, 0.25) is 10.0 Å². The van der Waals surface area contributed by atoms with Crippen LogP contribution in [0.4, 0.5) is 4.79 Å². The largest absolute Gasteiger partial charge is 0.492 e. The lowest BCUT2D eigenvalue weighted by atomic mass is 10.1. The van der Waals surface area contributed by atoms with Crippen LogP contribution in [0.2, 0.25) is 0 Å². The van der Waals surface area contributed by atoms with Crippen molar-refractivity contribution in [2.45, 2.75) is 44.2 Å². The number of sulfonamides is 1. The SMILES string of the molecule is CC#CCOc1ccc(S(=O)(=O)N[C@@H](C(=O)OC)c2ccc(OCCNC(=O)OC(C)(C)C)cc2)cc1. The van der Waals surface area contributed by atoms with Crippen LogP contribution in [0.3, 0.4) is 0 Å². The van der Waals surface area contributed by atoms with Gasteiger partial charge in [0.05, 0.1) is 18.6 Å². The highest BCUT2D eigenvalue weighted by Crippen LogP contribution is 2.23. The minimum Gasteiger partial charge on any atom is -0.492 e. The number of hydrogen-bond donors (Lipinski definition) is 2. The summed E-state index contributed by atoms with van der Waals surface area (Å²) in [5.74, 6) is 5.59. The molecule has 2 N–H and O–H groups in total. The molecule has 10 nitrogen and oxygen atoms in total. The van der Waals surface area contributed by atoms with Gasteiger partial charge in [-0.1, -0.05) is 18.1 Å². The number of esters is 1. The van der Waals surface area contributed by atoms with Gasteiger partial charge in [-0.25, -0.2) is 18.0 Å². The zero-order chi connectivity index (χ0) is 27.5. The molecule has 0 saturated carbocycles. The number of amides is 1. The maximum Gasteiger partial charge on any atom is 0.407 e. The number of nitrogens with one attached hydrogen (secondary N) is 2. The molecule has 0 aliphatic heterocycles. The van der Waals surface area contributed by atoms with Crippen molar-refractivity contribution < 1.29 is 37.0 Å². The highest BCUT2D eigenvalue weighted by molar-refractivity contribution is 7.89. The van der Waals surface area contributed by atoms with Gasteiger partial charge < -0.3 is 24.3 Å². The Morgan fingerprint density at radius 2 is 1.57 bits per heavy atom. The second-order valence-electron chi connectivity index (χ2n) is 8.61. The summed E-state index contributed by atoms with van der Waals surface area (Å²) >= 11 is 0. The molecule has 2 aromatic carbocycles. The molecule has 0 fully saturated rings. The smallest absolute Gasteiger partial charge is 0.407 e. The van der Waals surface area contributed by atoms with E-state index in [1.165, 1.54) is 31.4 Å². The van der Waals surface area contributed by atoms with E-state index >= 15 is 0 Å². The summed E-state index contributed by atoms with van der Waals surface area (Å²) in [5.41, 5.74) is -0.243. The van der Waals surface area contributed by atoms with Crippen molar-refractivity contribution in [3.05, 3.63) is 54.1 Å². The Balaban J connectivity index is 2.02. The average molecular weight is 533 g/mol. The van der Waals surface area contributed by atoms with Crippen LogP contribution in [0.15, 0.2) is 53.4 Å². The molecule has 0 radical (unpaired) electrons. The predicted molar refractivity (Wildman–Crippen MR) is 137 cm³/mol. The number of carbonyl (C=O) groups is 2. The normalized spacial score (nSPS) is 11.9. The third kappa shape index (κ3) is 10.0. The van der Waals surface area contributed by atoms with E-state index in [4.69, 9.17) is 18.9 Å². The fraction of sp³-hybridized carbons (Fsp3) is 0.385. The van der Waals surface area contributed by atoms with E-state index < -0.39 is 33.7 Å². The zero-order valence-electron chi connectivity index (χ0n) is 21.5. The van der Waals surface area contributed by atoms with Gasteiger partial charge in [0.25, 0.3) is 0 Å². The Morgan fingerprint density at radius 3 is 2.14 bits per heavy atom. The fourth-order valence-electron chi connectivity index (χ4n) is 2.89. The summed E-state index contributed by atoms with van der Waals surface area (Å²) < 4.78 is 49.2. The lowest BCUT2D eigenvalue weighted by Crippen LogP contribution is -2.34. The Morgan fingerprint density at radius 1 is 0.973 bits per heavy atom. The summed E-state index contributed by atoms with van der Waals surface area (Å²) in [5, 5.41) is 2.58.